The number of hydrogen-bond acceptors (Lipinski definition) is 4. The molecule has 0 aromatic heterocycles. The van der Waals surface area contributed by atoms with Gasteiger partial charge in [-0.2, -0.15) is 5.26 Å². The Balaban J connectivity index is 1.72. The molecule has 1 aliphatic heterocycles. The first kappa shape index (κ1) is 18.5. The summed E-state index contributed by atoms with van der Waals surface area (Å²) in [5.41, 5.74) is 1.71. The molecule has 0 radical (unpaired) electrons. The summed E-state index contributed by atoms with van der Waals surface area (Å²) in [7, 11) is 0. The zero-order valence-electron chi connectivity index (χ0n) is 15.3. The third-order valence-corrected chi connectivity index (χ3v) is 4.29. The Morgan fingerprint density at radius 1 is 1.26 bits per heavy atom. The fourth-order valence-electron chi connectivity index (χ4n) is 3.04. The van der Waals surface area contributed by atoms with Gasteiger partial charge in [0.25, 0.3) is 0 Å². The second kappa shape index (κ2) is 7.92. The molecule has 6 nitrogen and oxygen atoms in total. The Kier molecular flexibility index (Phi) is 5.41. The molecular formula is C21H21N3O3. The van der Waals surface area contributed by atoms with Crippen molar-refractivity contribution in [2.45, 2.75) is 26.4 Å². The SMILES string of the molecule is CC(C)Oc1ccccc1NC(=O)C1CC(=O)N(c2cccc(C#N)c2)C1. The molecule has 3 rings (SSSR count). The molecule has 27 heavy (non-hydrogen) atoms. The Labute approximate surface area is 158 Å². The topological polar surface area (TPSA) is 82.4 Å². The van der Waals surface area contributed by atoms with E-state index in [1.54, 1.807) is 41.3 Å². The molecule has 2 aromatic carbocycles. The average Bonchev–Trinajstić information content (AvgIpc) is 3.05. The molecule has 0 spiro atoms. The van der Waals surface area contributed by atoms with Gasteiger partial charge in [0.1, 0.15) is 5.75 Å². The number of nitrogens with zero attached hydrogens (tertiary/aromatic N) is 2. The lowest BCUT2D eigenvalue weighted by atomic mass is 10.1. The number of nitrogens with one attached hydrogen (secondary N) is 1. The van der Waals surface area contributed by atoms with E-state index >= 15 is 0 Å². The van der Waals surface area contributed by atoms with E-state index in [2.05, 4.69) is 11.4 Å². The van der Waals surface area contributed by atoms with E-state index in [9.17, 15) is 9.59 Å². The van der Waals surface area contributed by atoms with Crippen molar-refractivity contribution < 1.29 is 14.3 Å². The van der Waals surface area contributed by atoms with E-state index in [-0.39, 0.29) is 30.9 Å². The van der Waals surface area contributed by atoms with Crippen LogP contribution in [-0.2, 0) is 9.59 Å². The number of ether oxygens (including phenoxy) is 1. The van der Waals surface area contributed by atoms with Gasteiger partial charge in [-0.15, -0.1) is 0 Å². The third kappa shape index (κ3) is 4.26. The summed E-state index contributed by atoms with van der Waals surface area (Å²) >= 11 is 0. The standard InChI is InChI=1S/C21H21N3O3/c1-14(2)27-19-9-4-3-8-18(19)23-21(26)16-11-20(25)24(13-16)17-7-5-6-15(10-17)12-22/h3-10,14,16H,11,13H2,1-2H3,(H,23,26). The van der Waals surface area contributed by atoms with Crippen molar-refractivity contribution in [2.24, 2.45) is 5.92 Å². The highest BCUT2D eigenvalue weighted by molar-refractivity contribution is 6.04. The number of benzene rings is 2. The Bertz CT molecular complexity index is 902. The number of hydrogen-bond donors (Lipinski definition) is 1. The van der Waals surface area contributed by atoms with Crippen molar-refractivity contribution in [2.75, 3.05) is 16.8 Å². The van der Waals surface area contributed by atoms with E-state index in [0.29, 0.717) is 22.7 Å². The van der Waals surface area contributed by atoms with Crippen LogP contribution in [0.3, 0.4) is 0 Å². The van der Waals surface area contributed by atoms with Gasteiger partial charge in [0.05, 0.1) is 29.3 Å². The van der Waals surface area contributed by atoms with Crippen molar-refractivity contribution in [1.82, 2.24) is 0 Å². The number of carbonyl (C=O) groups excluding carboxylic acids is 2. The summed E-state index contributed by atoms with van der Waals surface area (Å²) in [4.78, 5) is 26.6. The molecule has 0 bridgehead atoms. The number of amides is 2. The number of para-hydroxylation sites is 2. The maximum absolute atomic E-state index is 12.7. The van der Waals surface area contributed by atoms with Crippen molar-refractivity contribution in [3.05, 3.63) is 54.1 Å². The Morgan fingerprint density at radius 3 is 2.78 bits per heavy atom. The fraction of sp³-hybridized carbons (Fsp3) is 0.286. The summed E-state index contributed by atoms with van der Waals surface area (Å²) < 4.78 is 5.72. The molecule has 1 N–H and O–H groups in total. The summed E-state index contributed by atoms with van der Waals surface area (Å²) in [6.45, 7) is 4.12. The highest BCUT2D eigenvalue weighted by Crippen LogP contribution is 2.29. The minimum absolute atomic E-state index is 0.0148. The van der Waals surface area contributed by atoms with Gasteiger partial charge >= 0.3 is 0 Å². The normalized spacial score (nSPS) is 16.3. The number of carbonyl (C=O) groups is 2. The average molecular weight is 363 g/mol. The molecule has 0 aliphatic carbocycles. The maximum atomic E-state index is 12.7. The summed E-state index contributed by atoms with van der Waals surface area (Å²) in [5, 5.41) is 11.9. The smallest absolute Gasteiger partial charge is 0.229 e. The van der Waals surface area contributed by atoms with E-state index in [4.69, 9.17) is 10.00 Å². The van der Waals surface area contributed by atoms with Gasteiger partial charge in [-0.1, -0.05) is 18.2 Å². The van der Waals surface area contributed by atoms with Crippen LogP contribution >= 0.6 is 0 Å². The second-order valence-corrected chi connectivity index (χ2v) is 6.72. The first-order chi connectivity index (χ1) is 13.0. The molecule has 1 saturated heterocycles. The second-order valence-electron chi connectivity index (χ2n) is 6.72. The van der Waals surface area contributed by atoms with Gasteiger partial charge in [0, 0.05) is 18.7 Å². The predicted molar refractivity (Wildman–Crippen MR) is 102 cm³/mol. The lowest BCUT2D eigenvalue weighted by Gasteiger charge is -2.18. The van der Waals surface area contributed by atoms with E-state index in [1.165, 1.54) is 0 Å². The van der Waals surface area contributed by atoms with Crippen LogP contribution in [0.4, 0.5) is 11.4 Å². The van der Waals surface area contributed by atoms with E-state index in [0.717, 1.165) is 0 Å². The van der Waals surface area contributed by atoms with Crippen LogP contribution in [0.2, 0.25) is 0 Å². The molecule has 2 aromatic rings. The largest absolute Gasteiger partial charge is 0.489 e. The van der Waals surface area contributed by atoms with Crippen molar-refractivity contribution in [1.29, 1.82) is 5.26 Å². The van der Waals surface area contributed by atoms with Crippen LogP contribution in [0.15, 0.2) is 48.5 Å². The van der Waals surface area contributed by atoms with Crippen molar-refractivity contribution in [3.63, 3.8) is 0 Å². The van der Waals surface area contributed by atoms with Gasteiger partial charge in [0.2, 0.25) is 11.8 Å². The Morgan fingerprint density at radius 2 is 2.04 bits per heavy atom. The monoisotopic (exact) mass is 363 g/mol. The molecule has 2 amide bonds. The molecule has 1 heterocycles. The lowest BCUT2D eigenvalue weighted by Crippen LogP contribution is -2.28. The predicted octanol–water partition coefficient (Wildman–Crippen LogP) is 3.34. The number of anilines is 2. The van der Waals surface area contributed by atoms with E-state index < -0.39 is 5.92 Å². The number of nitriles is 1. The molecule has 1 aliphatic rings. The zero-order chi connectivity index (χ0) is 19.4. The van der Waals surface area contributed by atoms with Gasteiger partial charge in [-0.05, 0) is 44.2 Å². The van der Waals surface area contributed by atoms with Crippen LogP contribution in [0.5, 0.6) is 5.75 Å². The summed E-state index contributed by atoms with van der Waals surface area (Å²) in [6.07, 6.45) is 0.120. The molecule has 1 fully saturated rings. The van der Waals surface area contributed by atoms with Gasteiger partial charge < -0.3 is 15.0 Å². The third-order valence-electron chi connectivity index (χ3n) is 4.29. The van der Waals surface area contributed by atoms with Crippen LogP contribution < -0.4 is 15.0 Å². The minimum atomic E-state index is -0.463. The maximum Gasteiger partial charge on any atom is 0.229 e. The molecule has 6 heteroatoms. The van der Waals surface area contributed by atoms with Crippen LogP contribution in [-0.4, -0.2) is 24.5 Å². The molecular weight excluding hydrogens is 342 g/mol. The molecule has 1 atom stereocenters. The lowest BCUT2D eigenvalue weighted by molar-refractivity contribution is -0.122. The highest BCUT2D eigenvalue weighted by atomic mass is 16.5. The van der Waals surface area contributed by atoms with Crippen molar-refractivity contribution in [3.8, 4) is 11.8 Å². The van der Waals surface area contributed by atoms with Gasteiger partial charge in [0.15, 0.2) is 0 Å². The minimum Gasteiger partial charge on any atom is -0.489 e. The van der Waals surface area contributed by atoms with Gasteiger partial charge in [-0.25, -0.2) is 0 Å². The fourth-order valence-corrected chi connectivity index (χ4v) is 3.04. The van der Waals surface area contributed by atoms with Crippen LogP contribution in [0, 0.1) is 17.2 Å². The molecule has 138 valence electrons. The zero-order valence-corrected chi connectivity index (χ0v) is 15.3. The van der Waals surface area contributed by atoms with E-state index in [1.807, 2.05) is 26.0 Å². The number of rotatable bonds is 5. The first-order valence-corrected chi connectivity index (χ1v) is 8.85. The molecule has 1 unspecified atom stereocenters. The van der Waals surface area contributed by atoms with Crippen LogP contribution in [0.1, 0.15) is 25.8 Å². The first-order valence-electron chi connectivity index (χ1n) is 8.85. The summed E-state index contributed by atoms with van der Waals surface area (Å²) in [6, 6.07) is 16.1. The van der Waals surface area contributed by atoms with Gasteiger partial charge in [-0.3, -0.25) is 9.59 Å². The quantitative estimate of drug-likeness (QED) is 0.883. The van der Waals surface area contributed by atoms with Crippen LogP contribution in [0.25, 0.3) is 0 Å². The molecule has 0 saturated carbocycles. The van der Waals surface area contributed by atoms with Crippen molar-refractivity contribution >= 4 is 23.2 Å². The highest BCUT2D eigenvalue weighted by Gasteiger charge is 2.35. The summed E-state index contributed by atoms with van der Waals surface area (Å²) in [5.74, 6) is -0.210. The Hall–Kier alpha value is -3.33.